The monoisotopic (exact) mass is 271 g/mol. The molecule has 20 heavy (non-hydrogen) atoms. The molecule has 2 N–H and O–H groups in total. The molecule has 2 aromatic rings. The Labute approximate surface area is 119 Å². The fourth-order valence-electron chi connectivity index (χ4n) is 2.66. The second-order valence-electron chi connectivity index (χ2n) is 5.45. The molecule has 1 aliphatic rings. The number of benzene rings is 1. The lowest BCUT2D eigenvalue weighted by atomic mass is 10.0. The largest absolute Gasteiger partial charge is 0.378 e. The van der Waals surface area contributed by atoms with Crippen LogP contribution in [0.2, 0.25) is 0 Å². The normalized spacial score (nSPS) is 22.9. The first kappa shape index (κ1) is 13.3. The highest BCUT2D eigenvalue weighted by Crippen LogP contribution is 2.17. The Bertz CT molecular complexity index is 521. The first-order chi connectivity index (χ1) is 9.81. The summed E-state index contributed by atoms with van der Waals surface area (Å²) in [7, 11) is 0. The summed E-state index contributed by atoms with van der Waals surface area (Å²) in [6, 6.07) is 11.2. The van der Waals surface area contributed by atoms with Crippen molar-refractivity contribution in [2.24, 2.45) is 0 Å². The minimum atomic E-state index is 0.379. The number of aromatic amines is 1. The summed E-state index contributed by atoms with van der Waals surface area (Å²) in [4.78, 5) is 0. The maximum Gasteiger partial charge on any atom is 0.0650 e. The average molecular weight is 271 g/mol. The number of nitrogens with one attached hydrogen (secondary N) is 2. The van der Waals surface area contributed by atoms with E-state index < -0.39 is 0 Å². The number of hydrogen-bond acceptors (Lipinski definition) is 3. The van der Waals surface area contributed by atoms with E-state index in [1.54, 1.807) is 6.20 Å². The molecule has 2 atom stereocenters. The van der Waals surface area contributed by atoms with E-state index in [1.165, 1.54) is 11.1 Å². The van der Waals surface area contributed by atoms with Crippen molar-refractivity contribution in [2.75, 3.05) is 6.61 Å². The van der Waals surface area contributed by atoms with Crippen molar-refractivity contribution in [2.45, 2.75) is 38.5 Å². The summed E-state index contributed by atoms with van der Waals surface area (Å²) in [5.41, 5.74) is 3.54. The van der Waals surface area contributed by atoms with Gasteiger partial charge in [-0.05, 0) is 37.0 Å². The van der Waals surface area contributed by atoms with E-state index >= 15 is 0 Å². The molecule has 1 aromatic heterocycles. The van der Waals surface area contributed by atoms with Crippen LogP contribution in [0.1, 0.15) is 25.3 Å². The second kappa shape index (κ2) is 6.20. The molecule has 2 unspecified atom stereocenters. The Morgan fingerprint density at radius 2 is 2.15 bits per heavy atom. The third kappa shape index (κ3) is 3.26. The van der Waals surface area contributed by atoms with Gasteiger partial charge >= 0.3 is 0 Å². The molecule has 0 aliphatic carbocycles. The van der Waals surface area contributed by atoms with Crippen molar-refractivity contribution in [3.05, 3.63) is 42.1 Å². The van der Waals surface area contributed by atoms with Crippen LogP contribution in [0, 0.1) is 0 Å². The van der Waals surface area contributed by atoms with Gasteiger partial charge in [0.25, 0.3) is 0 Å². The van der Waals surface area contributed by atoms with Crippen LogP contribution >= 0.6 is 0 Å². The van der Waals surface area contributed by atoms with Gasteiger partial charge in [-0.25, -0.2) is 0 Å². The Kier molecular flexibility index (Phi) is 4.14. The molecule has 1 aromatic carbocycles. The molecule has 0 bridgehead atoms. The number of hydrogen-bond donors (Lipinski definition) is 2. The molecule has 4 heteroatoms. The second-order valence-corrected chi connectivity index (χ2v) is 5.45. The molecule has 1 fully saturated rings. The first-order valence-electron chi connectivity index (χ1n) is 7.25. The highest BCUT2D eigenvalue weighted by atomic mass is 16.5. The number of rotatable bonds is 4. The Morgan fingerprint density at radius 3 is 2.85 bits per heavy atom. The highest BCUT2D eigenvalue weighted by Gasteiger charge is 2.18. The number of aromatic nitrogens is 2. The van der Waals surface area contributed by atoms with Crippen molar-refractivity contribution in [3.8, 4) is 11.3 Å². The lowest BCUT2D eigenvalue weighted by Crippen LogP contribution is -2.37. The number of ether oxygens (including phenoxy) is 1. The van der Waals surface area contributed by atoms with Crippen LogP contribution in [0.25, 0.3) is 11.3 Å². The number of nitrogens with zero attached hydrogens (tertiary/aromatic N) is 1. The van der Waals surface area contributed by atoms with Gasteiger partial charge in [-0.1, -0.05) is 24.3 Å². The predicted molar refractivity (Wildman–Crippen MR) is 79.3 cm³/mol. The molecule has 4 nitrogen and oxygen atoms in total. The minimum absolute atomic E-state index is 0.379. The number of H-pyrrole nitrogens is 1. The zero-order valence-electron chi connectivity index (χ0n) is 11.8. The SMILES string of the molecule is CC1CC(NCc2ccc(-c3ccn[nH]3)cc2)CCO1. The zero-order valence-corrected chi connectivity index (χ0v) is 11.8. The van der Waals surface area contributed by atoms with Gasteiger partial charge in [0.05, 0.1) is 11.8 Å². The first-order valence-corrected chi connectivity index (χ1v) is 7.25. The van der Waals surface area contributed by atoms with Crippen molar-refractivity contribution in [1.82, 2.24) is 15.5 Å². The van der Waals surface area contributed by atoms with E-state index in [0.29, 0.717) is 12.1 Å². The van der Waals surface area contributed by atoms with Gasteiger partial charge in [0, 0.05) is 25.4 Å². The molecule has 0 amide bonds. The van der Waals surface area contributed by atoms with E-state index in [9.17, 15) is 0 Å². The van der Waals surface area contributed by atoms with Gasteiger partial charge in [-0.2, -0.15) is 5.10 Å². The Balaban J connectivity index is 1.56. The maximum atomic E-state index is 5.57. The summed E-state index contributed by atoms with van der Waals surface area (Å²) in [5.74, 6) is 0. The zero-order chi connectivity index (χ0) is 13.8. The van der Waals surface area contributed by atoms with Gasteiger partial charge in [0.1, 0.15) is 0 Å². The smallest absolute Gasteiger partial charge is 0.0650 e. The molecule has 0 radical (unpaired) electrons. The third-order valence-electron chi connectivity index (χ3n) is 3.85. The van der Waals surface area contributed by atoms with Crippen LogP contribution < -0.4 is 5.32 Å². The summed E-state index contributed by atoms with van der Waals surface area (Å²) in [5, 5.41) is 10.6. The molecule has 0 spiro atoms. The van der Waals surface area contributed by atoms with Gasteiger partial charge in [0.2, 0.25) is 0 Å². The molecule has 106 valence electrons. The molecule has 3 rings (SSSR count). The summed E-state index contributed by atoms with van der Waals surface area (Å²) >= 11 is 0. The molecule has 1 saturated heterocycles. The van der Waals surface area contributed by atoms with Gasteiger partial charge in [-0.3, -0.25) is 5.10 Å². The van der Waals surface area contributed by atoms with Crippen LogP contribution in [0.4, 0.5) is 0 Å². The fourth-order valence-corrected chi connectivity index (χ4v) is 2.66. The lowest BCUT2D eigenvalue weighted by Gasteiger charge is -2.28. The molecular weight excluding hydrogens is 250 g/mol. The summed E-state index contributed by atoms with van der Waals surface area (Å²) in [6.07, 6.45) is 4.36. The highest BCUT2D eigenvalue weighted by molar-refractivity contribution is 5.58. The Morgan fingerprint density at radius 1 is 1.30 bits per heavy atom. The van der Waals surface area contributed by atoms with Crippen LogP contribution in [-0.2, 0) is 11.3 Å². The molecule has 2 heterocycles. The Hall–Kier alpha value is -1.65. The van der Waals surface area contributed by atoms with E-state index in [0.717, 1.165) is 31.7 Å². The molecule has 1 aliphatic heterocycles. The van der Waals surface area contributed by atoms with Crippen molar-refractivity contribution < 1.29 is 4.74 Å². The van der Waals surface area contributed by atoms with Gasteiger partial charge in [-0.15, -0.1) is 0 Å². The van der Waals surface area contributed by atoms with Crippen LogP contribution in [0.5, 0.6) is 0 Å². The third-order valence-corrected chi connectivity index (χ3v) is 3.85. The van der Waals surface area contributed by atoms with E-state index in [-0.39, 0.29) is 0 Å². The average Bonchev–Trinajstić information content (AvgIpc) is 3.00. The van der Waals surface area contributed by atoms with E-state index in [1.807, 2.05) is 6.07 Å². The maximum absolute atomic E-state index is 5.57. The van der Waals surface area contributed by atoms with Gasteiger partial charge < -0.3 is 10.1 Å². The topological polar surface area (TPSA) is 49.9 Å². The van der Waals surface area contributed by atoms with Gasteiger partial charge in [0.15, 0.2) is 0 Å². The fraction of sp³-hybridized carbons (Fsp3) is 0.438. The van der Waals surface area contributed by atoms with Crippen molar-refractivity contribution in [3.63, 3.8) is 0 Å². The van der Waals surface area contributed by atoms with Crippen LogP contribution in [0.3, 0.4) is 0 Å². The molecule has 0 saturated carbocycles. The van der Waals surface area contributed by atoms with Crippen molar-refractivity contribution >= 4 is 0 Å². The van der Waals surface area contributed by atoms with Crippen LogP contribution in [0.15, 0.2) is 36.5 Å². The minimum Gasteiger partial charge on any atom is -0.378 e. The summed E-state index contributed by atoms with van der Waals surface area (Å²) in [6.45, 7) is 3.94. The summed E-state index contributed by atoms with van der Waals surface area (Å²) < 4.78 is 5.57. The van der Waals surface area contributed by atoms with E-state index in [2.05, 4.69) is 46.7 Å². The van der Waals surface area contributed by atoms with Crippen LogP contribution in [-0.4, -0.2) is 29.0 Å². The molecular formula is C16H21N3O. The van der Waals surface area contributed by atoms with E-state index in [4.69, 9.17) is 4.74 Å². The standard InChI is InChI=1S/C16H21N3O/c1-12-10-15(7-9-20-12)17-11-13-2-4-14(5-3-13)16-6-8-18-19-16/h2-6,8,12,15,17H,7,9-11H2,1H3,(H,18,19). The lowest BCUT2D eigenvalue weighted by molar-refractivity contribution is 0.0130. The van der Waals surface area contributed by atoms with Crippen molar-refractivity contribution in [1.29, 1.82) is 0 Å². The quantitative estimate of drug-likeness (QED) is 0.899. The predicted octanol–water partition coefficient (Wildman–Crippen LogP) is 2.73.